The zero-order chi connectivity index (χ0) is 24.5. The summed E-state index contributed by atoms with van der Waals surface area (Å²) in [5.41, 5.74) is 6.92. The molecule has 2 aromatic rings. The standard InChI is InChI=1S/C26H32ClN3O4/c1-16-4-5-17(27)8-23(16)34-20-11-26(12-20)9-18(10-26)30-24(31)21(13-28)22-7-6-19(14-29-22)33-15-25(2,3)32/h4-8,13-14,18,20,32H,9-12,15,28H2,1-3H3,(H,30,31). The van der Waals surface area contributed by atoms with Crippen molar-refractivity contribution >= 4 is 23.1 Å². The molecular formula is C26H32ClN3O4. The first kappa shape index (κ1) is 24.4. The third-order valence-corrected chi connectivity index (χ3v) is 6.71. The van der Waals surface area contributed by atoms with Crippen molar-refractivity contribution in [2.75, 3.05) is 6.61 Å². The number of halogens is 1. The molecule has 4 N–H and O–H groups in total. The average Bonchev–Trinajstić information content (AvgIpc) is 2.72. The van der Waals surface area contributed by atoms with Gasteiger partial charge in [-0.15, -0.1) is 0 Å². The normalized spacial score (nSPS) is 24.2. The molecule has 34 heavy (non-hydrogen) atoms. The number of aliphatic hydroxyl groups is 1. The van der Waals surface area contributed by atoms with E-state index in [2.05, 4.69) is 10.3 Å². The first-order valence-electron chi connectivity index (χ1n) is 11.5. The minimum Gasteiger partial charge on any atom is -0.490 e. The first-order chi connectivity index (χ1) is 16.1. The molecule has 0 bridgehead atoms. The van der Waals surface area contributed by atoms with Gasteiger partial charge in [-0.3, -0.25) is 9.78 Å². The molecule has 1 spiro atoms. The topological polar surface area (TPSA) is 107 Å². The number of aromatic nitrogens is 1. The third-order valence-electron chi connectivity index (χ3n) is 6.47. The zero-order valence-electron chi connectivity index (χ0n) is 19.8. The van der Waals surface area contributed by atoms with Crippen LogP contribution < -0.4 is 20.5 Å². The molecule has 7 nitrogen and oxygen atoms in total. The van der Waals surface area contributed by atoms with Gasteiger partial charge in [-0.1, -0.05) is 17.7 Å². The highest BCUT2D eigenvalue weighted by atomic mass is 35.5. The molecule has 2 fully saturated rings. The van der Waals surface area contributed by atoms with Gasteiger partial charge in [0.15, 0.2) is 0 Å². The Morgan fingerprint density at radius 3 is 2.65 bits per heavy atom. The summed E-state index contributed by atoms with van der Waals surface area (Å²) in [6.45, 7) is 5.48. The van der Waals surface area contributed by atoms with Crippen LogP contribution in [0.2, 0.25) is 5.02 Å². The molecular weight excluding hydrogens is 454 g/mol. The fourth-order valence-electron chi connectivity index (χ4n) is 4.72. The van der Waals surface area contributed by atoms with Crippen LogP contribution in [0.3, 0.4) is 0 Å². The fraction of sp³-hybridized carbons (Fsp3) is 0.462. The van der Waals surface area contributed by atoms with Crippen LogP contribution in [0.25, 0.3) is 5.57 Å². The first-order valence-corrected chi connectivity index (χ1v) is 11.9. The molecule has 1 aromatic heterocycles. The lowest BCUT2D eigenvalue weighted by Gasteiger charge is -2.57. The van der Waals surface area contributed by atoms with Gasteiger partial charge in [-0.2, -0.15) is 0 Å². The van der Waals surface area contributed by atoms with Gasteiger partial charge in [0.2, 0.25) is 0 Å². The lowest BCUT2D eigenvalue weighted by atomic mass is 9.53. The molecule has 8 heteroatoms. The SMILES string of the molecule is Cc1ccc(Cl)cc1OC1CC2(CC(NC(=O)C(=CN)c3ccc(OCC(C)(C)O)cn3)C2)C1. The van der Waals surface area contributed by atoms with Crippen molar-refractivity contribution in [1.29, 1.82) is 0 Å². The summed E-state index contributed by atoms with van der Waals surface area (Å²) in [5.74, 6) is 1.12. The van der Waals surface area contributed by atoms with E-state index < -0.39 is 5.60 Å². The second-order valence-corrected chi connectivity index (χ2v) is 10.6. The van der Waals surface area contributed by atoms with Crippen LogP contribution in [0.15, 0.2) is 42.7 Å². The van der Waals surface area contributed by atoms with E-state index in [0.29, 0.717) is 22.0 Å². The largest absolute Gasteiger partial charge is 0.490 e. The number of nitrogens with two attached hydrogens (primary N) is 1. The van der Waals surface area contributed by atoms with Crippen molar-refractivity contribution in [3.8, 4) is 11.5 Å². The van der Waals surface area contributed by atoms with Crippen molar-refractivity contribution in [2.24, 2.45) is 11.1 Å². The third kappa shape index (κ3) is 5.65. The van der Waals surface area contributed by atoms with E-state index in [1.54, 1.807) is 26.0 Å². The Morgan fingerprint density at radius 2 is 2.03 bits per heavy atom. The highest BCUT2D eigenvalue weighted by Gasteiger charge is 2.54. The number of ether oxygens (including phenoxy) is 2. The van der Waals surface area contributed by atoms with Crippen LogP contribution in [0, 0.1) is 12.3 Å². The Kier molecular flexibility index (Phi) is 6.78. The van der Waals surface area contributed by atoms with E-state index >= 15 is 0 Å². The predicted molar refractivity (Wildman–Crippen MR) is 132 cm³/mol. The van der Waals surface area contributed by atoms with Crippen LogP contribution in [-0.4, -0.2) is 40.4 Å². The maximum Gasteiger partial charge on any atom is 0.255 e. The van der Waals surface area contributed by atoms with E-state index in [4.69, 9.17) is 26.8 Å². The van der Waals surface area contributed by atoms with Gasteiger partial charge in [0.1, 0.15) is 18.1 Å². The molecule has 2 saturated carbocycles. The van der Waals surface area contributed by atoms with Crippen LogP contribution in [-0.2, 0) is 4.79 Å². The van der Waals surface area contributed by atoms with E-state index in [-0.39, 0.29) is 30.1 Å². The molecule has 0 unspecified atom stereocenters. The van der Waals surface area contributed by atoms with Gasteiger partial charge < -0.3 is 25.6 Å². The summed E-state index contributed by atoms with van der Waals surface area (Å²) >= 11 is 6.09. The molecule has 2 aliphatic carbocycles. The van der Waals surface area contributed by atoms with Crippen molar-refractivity contribution in [1.82, 2.24) is 10.3 Å². The minimum absolute atomic E-state index is 0.116. The molecule has 1 heterocycles. The van der Waals surface area contributed by atoms with E-state index in [0.717, 1.165) is 37.0 Å². The monoisotopic (exact) mass is 485 g/mol. The Balaban J connectivity index is 1.24. The minimum atomic E-state index is -0.943. The molecule has 182 valence electrons. The summed E-state index contributed by atoms with van der Waals surface area (Å²) in [5, 5.41) is 13.5. The zero-order valence-corrected chi connectivity index (χ0v) is 20.6. The summed E-state index contributed by atoms with van der Waals surface area (Å²) in [4.78, 5) is 17.1. The van der Waals surface area contributed by atoms with E-state index in [1.807, 2.05) is 25.1 Å². The highest BCUT2D eigenvalue weighted by molar-refractivity contribution is 6.30. The number of hydrogen-bond donors (Lipinski definition) is 3. The van der Waals surface area contributed by atoms with Crippen molar-refractivity contribution in [3.63, 3.8) is 0 Å². The Bertz CT molecular complexity index is 1060. The number of hydrogen-bond acceptors (Lipinski definition) is 6. The fourth-order valence-corrected chi connectivity index (χ4v) is 4.88. The quantitative estimate of drug-likeness (QED) is 0.488. The maximum atomic E-state index is 12.8. The Morgan fingerprint density at radius 1 is 1.29 bits per heavy atom. The van der Waals surface area contributed by atoms with Gasteiger partial charge >= 0.3 is 0 Å². The molecule has 0 aliphatic heterocycles. The van der Waals surface area contributed by atoms with Gasteiger partial charge in [0, 0.05) is 17.3 Å². The van der Waals surface area contributed by atoms with Crippen molar-refractivity contribution < 1.29 is 19.4 Å². The summed E-state index contributed by atoms with van der Waals surface area (Å²) in [6, 6.07) is 9.21. The van der Waals surface area contributed by atoms with Crippen molar-refractivity contribution in [2.45, 2.75) is 64.2 Å². The number of rotatable bonds is 8. The highest BCUT2D eigenvalue weighted by Crippen LogP contribution is 2.57. The number of carbonyl (C=O) groups is 1. The second-order valence-electron chi connectivity index (χ2n) is 10.2. The number of amides is 1. The van der Waals surface area contributed by atoms with Crippen LogP contribution in [0.1, 0.15) is 50.8 Å². The molecule has 1 amide bonds. The van der Waals surface area contributed by atoms with Crippen LogP contribution in [0.5, 0.6) is 11.5 Å². The van der Waals surface area contributed by atoms with Crippen LogP contribution >= 0.6 is 11.6 Å². The molecule has 2 aliphatic rings. The second kappa shape index (κ2) is 9.47. The Hall–Kier alpha value is -2.77. The van der Waals surface area contributed by atoms with Gasteiger partial charge in [0.05, 0.1) is 29.2 Å². The molecule has 0 radical (unpaired) electrons. The number of nitrogens with one attached hydrogen (secondary N) is 1. The Labute approximate surface area is 205 Å². The van der Waals surface area contributed by atoms with Gasteiger partial charge in [0.25, 0.3) is 5.91 Å². The van der Waals surface area contributed by atoms with E-state index in [1.165, 1.54) is 12.4 Å². The van der Waals surface area contributed by atoms with Gasteiger partial charge in [-0.05, 0) is 81.7 Å². The number of nitrogens with zero attached hydrogens (tertiary/aromatic N) is 1. The predicted octanol–water partition coefficient (Wildman–Crippen LogP) is 4.00. The van der Waals surface area contributed by atoms with Crippen LogP contribution in [0.4, 0.5) is 0 Å². The lowest BCUT2D eigenvalue weighted by molar-refractivity contribution is -0.122. The number of benzene rings is 1. The molecule has 0 atom stereocenters. The average molecular weight is 486 g/mol. The van der Waals surface area contributed by atoms with Gasteiger partial charge in [-0.25, -0.2) is 0 Å². The maximum absolute atomic E-state index is 12.8. The van der Waals surface area contributed by atoms with Crippen molar-refractivity contribution in [3.05, 3.63) is 59.0 Å². The summed E-state index contributed by atoms with van der Waals surface area (Å²) in [7, 11) is 0. The molecule has 4 rings (SSSR count). The molecule has 0 saturated heterocycles. The van der Waals surface area contributed by atoms with E-state index in [9.17, 15) is 9.90 Å². The smallest absolute Gasteiger partial charge is 0.255 e. The number of pyridine rings is 1. The summed E-state index contributed by atoms with van der Waals surface area (Å²) < 4.78 is 11.6. The summed E-state index contributed by atoms with van der Waals surface area (Å²) in [6.07, 6.45) is 6.83. The molecule has 1 aromatic carbocycles. The number of aryl methyl sites for hydroxylation is 1. The lowest BCUT2D eigenvalue weighted by Crippen LogP contribution is -2.58. The number of carbonyl (C=O) groups excluding carboxylic acids is 1.